The number of hydrogen-bond donors (Lipinski definition) is 1. The lowest BCUT2D eigenvalue weighted by molar-refractivity contribution is -0.0587. The molecule has 2 fully saturated rings. The molecule has 0 radical (unpaired) electrons. The molecule has 2 atom stereocenters. The molecule has 5 aromatic rings. The molecule has 1 aliphatic carbocycles. The number of aromatic nitrogens is 1. The van der Waals surface area contributed by atoms with Gasteiger partial charge in [-0.05, 0) is 78.6 Å². The van der Waals surface area contributed by atoms with Crippen LogP contribution in [0.15, 0.2) is 94.6 Å². The van der Waals surface area contributed by atoms with Crippen molar-refractivity contribution in [1.29, 1.82) is 0 Å². The van der Waals surface area contributed by atoms with Gasteiger partial charge in [0.1, 0.15) is 16.9 Å². The van der Waals surface area contributed by atoms with Gasteiger partial charge in [-0.2, -0.15) is 8.42 Å². The van der Waals surface area contributed by atoms with E-state index in [-0.39, 0.29) is 34.5 Å². The third kappa shape index (κ3) is 6.20. The summed E-state index contributed by atoms with van der Waals surface area (Å²) in [5.41, 5.74) is 0.552. The summed E-state index contributed by atoms with van der Waals surface area (Å²) in [5.74, 6) is 0.687. The van der Waals surface area contributed by atoms with E-state index in [0.29, 0.717) is 21.7 Å². The van der Waals surface area contributed by atoms with Crippen molar-refractivity contribution in [2.75, 3.05) is 7.11 Å². The molecule has 0 bridgehead atoms. The lowest BCUT2D eigenvalue weighted by atomic mass is 9.79. The van der Waals surface area contributed by atoms with Crippen molar-refractivity contribution in [3.05, 3.63) is 111 Å². The average Bonchev–Trinajstić information content (AvgIpc) is 3.40. The summed E-state index contributed by atoms with van der Waals surface area (Å²) >= 11 is 6.60. The van der Waals surface area contributed by atoms with Crippen LogP contribution in [0.1, 0.15) is 69.0 Å². The highest BCUT2D eigenvalue weighted by Crippen LogP contribution is 2.48. The van der Waals surface area contributed by atoms with E-state index >= 15 is 4.79 Å². The number of fused-ring (bicyclic) bond motifs is 2. The largest absolute Gasteiger partial charge is 0.497 e. The molecule has 10 heteroatoms. The van der Waals surface area contributed by atoms with E-state index in [9.17, 15) is 8.42 Å². The third-order valence-corrected chi connectivity index (χ3v) is 11.2. The van der Waals surface area contributed by atoms with Crippen LogP contribution in [0, 0.1) is 0 Å². The lowest BCUT2D eigenvalue weighted by Gasteiger charge is -2.36. The second-order valence-corrected chi connectivity index (χ2v) is 14.9. The van der Waals surface area contributed by atoms with E-state index in [1.807, 2.05) is 55.5 Å². The minimum Gasteiger partial charge on any atom is -0.497 e. The van der Waals surface area contributed by atoms with Gasteiger partial charge in [-0.3, -0.25) is 10.1 Å². The normalized spacial score (nSPS) is 19.7. The highest BCUT2D eigenvalue weighted by atomic mass is 35.5. The van der Waals surface area contributed by atoms with Crippen LogP contribution in [0.5, 0.6) is 11.5 Å². The summed E-state index contributed by atoms with van der Waals surface area (Å²) in [7, 11) is -2.79. The Hall–Kier alpha value is -3.89. The summed E-state index contributed by atoms with van der Waals surface area (Å²) < 4.78 is 48.3. The molecule has 8 nitrogen and oxygen atoms in total. The SMILES string of the molecule is COc1ccc(Cn2c(=O)c(C3NC(C)OC34CCCCCCC4)c(OS(=O)(=O)c3ccc4ccccc4c3)c3cc(Cl)ccc32)cc1. The number of benzene rings is 4. The predicted molar refractivity (Wildman–Crippen MR) is 189 cm³/mol. The van der Waals surface area contributed by atoms with E-state index in [2.05, 4.69) is 5.32 Å². The number of nitrogens with zero attached hydrogens (tertiary/aromatic N) is 1. The molecule has 250 valence electrons. The van der Waals surface area contributed by atoms with Crippen molar-refractivity contribution in [1.82, 2.24) is 9.88 Å². The monoisotopic (exact) mass is 686 g/mol. The molecule has 4 aromatic carbocycles. The molecular formula is C38H39ClN2O6S. The molecular weight excluding hydrogens is 648 g/mol. The zero-order valence-electron chi connectivity index (χ0n) is 27.1. The first-order chi connectivity index (χ1) is 23.2. The van der Waals surface area contributed by atoms with Gasteiger partial charge in [0.05, 0.1) is 36.4 Å². The van der Waals surface area contributed by atoms with Crippen LogP contribution in [0.2, 0.25) is 5.02 Å². The summed E-state index contributed by atoms with van der Waals surface area (Å²) in [6.07, 6.45) is 6.29. The van der Waals surface area contributed by atoms with Crippen molar-refractivity contribution in [3.8, 4) is 11.5 Å². The molecule has 1 aliphatic heterocycles. The Morgan fingerprint density at radius 2 is 1.62 bits per heavy atom. The van der Waals surface area contributed by atoms with E-state index in [1.54, 1.807) is 42.0 Å². The number of pyridine rings is 1. The Morgan fingerprint density at radius 1 is 0.917 bits per heavy atom. The average molecular weight is 687 g/mol. The number of methoxy groups -OCH3 is 1. The standard InChI is InChI=1S/C38H39ClN2O6S/c1-25-40-36(38(46-25)20-8-4-3-5-9-21-38)34-35(47-48(43,44)31-18-14-27-10-6-7-11-28(27)22-31)32-23-29(39)15-19-33(32)41(37(34)42)24-26-12-16-30(45-2)17-13-26/h6-7,10-19,22-23,25,36,40H,3-5,8-9,20-21,24H2,1-2H3. The zero-order valence-corrected chi connectivity index (χ0v) is 28.6. The van der Waals surface area contributed by atoms with E-state index in [1.165, 1.54) is 6.07 Å². The summed E-state index contributed by atoms with van der Waals surface area (Å²) in [6.45, 7) is 2.17. The molecule has 2 unspecified atom stereocenters. The van der Waals surface area contributed by atoms with Crippen LogP contribution in [0.3, 0.4) is 0 Å². The van der Waals surface area contributed by atoms with Gasteiger partial charge in [0.2, 0.25) is 0 Å². The predicted octanol–water partition coefficient (Wildman–Crippen LogP) is 8.12. The Labute approximate surface area is 285 Å². The molecule has 1 saturated carbocycles. The van der Waals surface area contributed by atoms with E-state index in [4.69, 9.17) is 25.3 Å². The maximum atomic E-state index is 15.0. The Kier molecular flexibility index (Phi) is 8.98. The Morgan fingerprint density at radius 3 is 2.35 bits per heavy atom. The summed E-state index contributed by atoms with van der Waals surface area (Å²) in [6, 6.07) is 24.5. The van der Waals surface area contributed by atoms with Crippen LogP contribution < -0.4 is 19.8 Å². The quantitative estimate of drug-likeness (QED) is 0.173. The maximum absolute atomic E-state index is 15.0. The van der Waals surface area contributed by atoms with Crippen molar-refractivity contribution < 1.29 is 22.1 Å². The molecule has 2 aliphatic rings. The second-order valence-electron chi connectivity index (χ2n) is 12.9. The second kappa shape index (κ2) is 13.2. The molecule has 48 heavy (non-hydrogen) atoms. The highest BCUT2D eigenvalue weighted by molar-refractivity contribution is 7.87. The minimum atomic E-state index is -4.40. The molecule has 1 spiro atoms. The number of rotatable bonds is 7. The van der Waals surface area contributed by atoms with Crippen LogP contribution in [-0.2, 0) is 21.4 Å². The van der Waals surface area contributed by atoms with E-state index in [0.717, 1.165) is 61.3 Å². The topological polar surface area (TPSA) is 95.9 Å². The Balaban J connectivity index is 1.46. The van der Waals surface area contributed by atoms with Gasteiger partial charge in [-0.1, -0.05) is 86.2 Å². The van der Waals surface area contributed by atoms with Gasteiger partial charge in [-0.25, -0.2) is 0 Å². The smallest absolute Gasteiger partial charge is 0.339 e. The van der Waals surface area contributed by atoms with Crippen LogP contribution in [0.25, 0.3) is 21.7 Å². The number of nitrogens with one attached hydrogen (secondary N) is 1. The van der Waals surface area contributed by atoms with Gasteiger partial charge < -0.3 is 18.2 Å². The van der Waals surface area contributed by atoms with Gasteiger partial charge in [-0.15, -0.1) is 0 Å². The fourth-order valence-electron chi connectivity index (χ4n) is 7.42. The third-order valence-electron chi connectivity index (χ3n) is 9.74. The van der Waals surface area contributed by atoms with Crippen molar-refractivity contribution in [3.63, 3.8) is 0 Å². The first-order valence-corrected chi connectivity index (χ1v) is 18.3. The molecule has 2 heterocycles. The van der Waals surface area contributed by atoms with Gasteiger partial charge in [0.15, 0.2) is 5.75 Å². The number of hydrogen-bond acceptors (Lipinski definition) is 7. The fourth-order valence-corrected chi connectivity index (χ4v) is 8.59. The van der Waals surface area contributed by atoms with Crippen LogP contribution in [-0.4, -0.2) is 31.9 Å². The summed E-state index contributed by atoms with van der Waals surface area (Å²) in [4.78, 5) is 15.0. The summed E-state index contributed by atoms with van der Waals surface area (Å²) in [5, 5.41) is 6.02. The zero-order chi connectivity index (χ0) is 33.5. The minimum absolute atomic E-state index is 0.00518. The molecule has 1 aromatic heterocycles. The van der Waals surface area contributed by atoms with Gasteiger partial charge in [0, 0.05) is 10.4 Å². The van der Waals surface area contributed by atoms with Crippen LogP contribution >= 0.6 is 11.6 Å². The van der Waals surface area contributed by atoms with Crippen molar-refractivity contribution in [2.24, 2.45) is 0 Å². The molecule has 1 N–H and O–H groups in total. The molecule has 0 amide bonds. The van der Waals surface area contributed by atoms with Crippen molar-refractivity contribution in [2.45, 2.75) is 81.2 Å². The van der Waals surface area contributed by atoms with Gasteiger partial charge >= 0.3 is 10.1 Å². The van der Waals surface area contributed by atoms with Crippen molar-refractivity contribution >= 4 is 43.4 Å². The molecule has 7 rings (SSSR count). The fraction of sp³-hybridized carbons (Fsp3) is 0.342. The van der Waals surface area contributed by atoms with E-state index < -0.39 is 21.8 Å². The molecule has 1 saturated heterocycles. The number of halogens is 1. The first kappa shape index (κ1) is 32.6. The maximum Gasteiger partial charge on any atom is 0.339 e. The highest BCUT2D eigenvalue weighted by Gasteiger charge is 2.50. The van der Waals surface area contributed by atoms with Crippen LogP contribution in [0.4, 0.5) is 0 Å². The first-order valence-electron chi connectivity index (χ1n) is 16.5. The number of ether oxygens (including phenoxy) is 2. The lowest BCUT2D eigenvalue weighted by Crippen LogP contribution is -2.42. The Bertz CT molecular complexity index is 2140. The van der Waals surface area contributed by atoms with Gasteiger partial charge in [0.25, 0.3) is 5.56 Å².